The van der Waals surface area contributed by atoms with Crippen molar-refractivity contribution in [1.29, 1.82) is 0 Å². The molecule has 0 atom stereocenters. The number of rotatable bonds is 8. The lowest BCUT2D eigenvalue weighted by Gasteiger charge is -2.34. The third kappa shape index (κ3) is 6.81. The molecule has 0 saturated carbocycles. The van der Waals surface area contributed by atoms with E-state index in [2.05, 4.69) is 26.9 Å². The van der Waals surface area contributed by atoms with Gasteiger partial charge in [-0.25, -0.2) is 4.52 Å². The van der Waals surface area contributed by atoms with Gasteiger partial charge in [0.25, 0.3) is 0 Å². The van der Waals surface area contributed by atoms with Crippen LogP contribution in [0.4, 0.5) is 13.2 Å². The van der Waals surface area contributed by atoms with E-state index in [1.165, 1.54) is 0 Å². The average Bonchev–Trinajstić information content (AvgIpc) is 3.72. The summed E-state index contributed by atoms with van der Waals surface area (Å²) in [6.45, 7) is 7.33. The second-order valence-corrected chi connectivity index (χ2v) is 12.6. The average molecular weight is 658 g/mol. The van der Waals surface area contributed by atoms with Gasteiger partial charge in [-0.1, -0.05) is 25.1 Å². The zero-order valence-electron chi connectivity index (χ0n) is 27.1. The zero-order chi connectivity index (χ0) is 33.4. The Morgan fingerprint density at radius 2 is 1.71 bits per heavy atom. The smallest absolute Gasteiger partial charge is 0.416 e. The molecule has 12 heteroatoms. The van der Waals surface area contributed by atoms with E-state index in [0.717, 1.165) is 66.6 Å². The lowest BCUT2D eigenvalue weighted by Crippen LogP contribution is -2.45. The number of carbonyl (C=O) groups excluding carboxylic acids is 1. The Kier molecular flexibility index (Phi) is 8.69. The number of hydrogen-bond donors (Lipinski definition) is 0. The molecule has 2 aliphatic rings. The van der Waals surface area contributed by atoms with Crippen molar-refractivity contribution in [2.45, 2.75) is 39.0 Å². The van der Waals surface area contributed by atoms with Crippen molar-refractivity contribution in [1.82, 2.24) is 34.1 Å². The van der Waals surface area contributed by atoms with Crippen molar-refractivity contribution in [2.75, 3.05) is 39.3 Å². The third-order valence-corrected chi connectivity index (χ3v) is 9.42. The van der Waals surface area contributed by atoms with E-state index in [1.54, 1.807) is 38.6 Å². The summed E-state index contributed by atoms with van der Waals surface area (Å²) < 4.78 is 52.4. The molecular formula is C36H38F3N7O2. The topological polar surface area (TPSA) is 71.1 Å². The van der Waals surface area contributed by atoms with Crippen molar-refractivity contribution in [2.24, 2.45) is 7.05 Å². The number of piperazine rings is 1. The molecule has 0 spiro atoms. The molecule has 0 unspecified atom stereocenters. The first-order valence-corrected chi connectivity index (χ1v) is 16.3. The first-order chi connectivity index (χ1) is 23.1. The quantitative estimate of drug-likeness (QED) is 0.210. The molecule has 0 aliphatic carbocycles. The monoisotopic (exact) mass is 657 g/mol. The normalized spacial score (nSPS) is 16.0. The molecule has 1 amide bonds. The molecule has 0 N–H and O–H groups in total. The van der Waals surface area contributed by atoms with Crippen LogP contribution in [0.2, 0.25) is 0 Å². The molecule has 48 heavy (non-hydrogen) atoms. The summed E-state index contributed by atoms with van der Waals surface area (Å²) in [4.78, 5) is 19.5. The minimum atomic E-state index is -4.50. The molecule has 2 aliphatic heterocycles. The van der Waals surface area contributed by atoms with Crippen molar-refractivity contribution >= 4 is 11.4 Å². The molecule has 3 aromatic heterocycles. The van der Waals surface area contributed by atoms with Gasteiger partial charge in [-0.05, 0) is 59.5 Å². The summed E-state index contributed by atoms with van der Waals surface area (Å²) in [6.07, 6.45) is 3.41. The van der Waals surface area contributed by atoms with Gasteiger partial charge < -0.3 is 14.5 Å². The molecule has 7 rings (SSSR count). The Labute approximate surface area is 277 Å². The summed E-state index contributed by atoms with van der Waals surface area (Å²) >= 11 is 0. The Hall–Kier alpha value is -4.68. The Morgan fingerprint density at radius 3 is 2.46 bits per heavy atom. The number of alkyl halides is 3. The Balaban J connectivity index is 1.04. The molecule has 5 heterocycles. The highest BCUT2D eigenvalue weighted by Crippen LogP contribution is 2.35. The Morgan fingerprint density at radius 1 is 0.896 bits per heavy atom. The van der Waals surface area contributed by atoms with Crippen LogP contribution in [0.15, 0.2) is 73.3 Å². The fourth-order valence-corrected chi connectivity index (χ4v) is 6.67. The summed E-state index contributed by atoms with van der Waals surface area (Å²) in [5.41, 5.74) is 4.78. The van der Waals surface area contributed by atoms with E-state index in [1.807, 2.05) is 49.8 Å². The summed E-state index contributed by atoms with van der Waals surface area (Å²) in [5.74, 6) is 1.06. The van der Waals surface area contributed by atoms with E-state index in [4.69, 9.17) is 4.74 Å². The van der Waals surface area contributed by atoms with Crippen LogP contribution in [-0.2, 0) is 43.9 Å². The highest BCUT2D eigenvalue weighted by atomic mass is 19.4. The van der Waals surface area contributed by atoms with Crippen LogP contribution >= 0.6 is 0 Å². The predicted octanol–water partition coefficient (Wildman–Crippen LogP) is 5.81. The number of amides is 1. The number of aromatic nitrogens is 4. The number of aryl methyl sites for hydroxylation is 1. The number of nitrogens with zero attached hydrogens (tertiary/aromatic N) is 7. The van der Waals surface area contributed by atoms with Gasteiger partial charge in [0.15, 0.2) is 5.75 Å². The third-order valence-electron chi connectivity index (χ3n) is 9.42. The van der Waals surface area contributed by atoms with E-state index >= 15 is 0 Å². The van der Waals surface area contributed by atoms with Gasteiger partial charge in [-0.3, -0.25) is 14.4 Å². The van der Waals surface area contributed by atoms with Crippen molar-refractivity contribution in [3.05, 3.63) is 101 Å². The molecule has 1 saturated heterocycles. The summed E-state index contributed by atoms with van der Waals surface area (Å²) in [5, 5.41) is 8.68. The van der Waals surface area contributed by atoms with Crippen LogP contribution in [-0.4, -0.2) is 79.3 Å². The zero-order valence-corrected chi connectivity index (χ0v) is 27.1. The molecular weight excluding hydrogens is 619 g/mol. The molecule has 250 valence electrons. The number of halogens is 3. The van der Waals surface area contributed by atoms with Crippen LogP contribution in [0.1, 0.15) is 34.7 Å². The minimum Gasteiger partial charge on any atom is -0.455 e. The highest BCUT2D eigenvalue weighted by Gasteiger charge is 2.34. The van der Waals surface area contributed by atoms with Crippen LogP contribution in [0, 0.1) is 0 Å². The number of hydrogen-bond acceptors (Lipinski definition) is 6. The predicted molar refractivity (Wildman–Crippen MR) is 176 cm³/mol. The fraction of sp³-hybridized carbons (Fsp3) is 0.361. The maximum Gasteiger partial charge on any atom is 0.416 e. The maximum absolute atomic E-state index is 14.2. The van der Waals surface area contributed by atoms with Crippen molar-refractivity contribution in [3.63, 3.8) is 0 Å². The number of ether oxygens (including phenoxy) is 1. The Bertz CT molecular complexity index is 1940. The lowest BCUT2D eigenvalue weighted by atomic mass is 9.97. The van der Waals surface area contributed by atoms with Gasteiger partial charge in [0, 0.05) is 82.4 Å². The van der Waals surface area contributed by atoms with E-state index in [9.17, 15) is 18.0 Å². The van der Waals surface area contributed by atoms with E-state index < -0.39 is 11.7 Å². The molecule has 1 fully saturated rings. The van der Waals surface area contributed by atoms with E-state index in [0.29, 0.717) is 36.6 Å². The standard InChI is InChI=1S/C36H38F3N7O2/c1-3-43-12-14-44(15-13-43)22-27-5-4-25(16-32(27)36(37,38)39)17-35(47)45-11-9-26-6-7-31(18-28(26)23-45)48-34-8-10-40-46-24-29(19-33(34)46)30-20-41-42(2)21-30/h4-8,10,16,18-21,24H,3,9,11-15,17,22-23H2,1-2H3. The highest BCUT2D eigenvalue weighted by molar-refractivity contribution is 5.79. The molecule has 5 aromatic rings. The summed E-state index contributed by atoms with van der Waals surface area (Å²) in [6, 6.07) is 14.1. The number of carbonyl (C=O) groups is 1. The van der Waals surface area contributed by atoms with Crippen LogP contribution in [0.5, 0.6) is 11.5 Å². The first kappa shape index (κ1) is 31.9. The van der Waals surface area contributed by atoms with Gasteiger partial charge in [0.1, 0.15) is 11.3 Å². The first-order valence-electron chi connectivity index (χ1n) is 16.3. The maximum atomic E-state index is 14.2. The second-order valence-electron chi connectivity index (χ2n) is 12.6. The van der Waals surface area contributed by atoms with Gasteiger partial charge >= 0.3 is 6.18 Å². The van der Waals surface area contributed by atoms with Gasteiger partial charge in [-0.15, -0.1) is 0 Å². The molecule has 0 radical (unpaired) electrons. The number of benzene rings is 2. The van der Waals surface area contributed by atoms with Gasteiger partial charge in [0.2, 0.25) is 5.91 Å². The SMILES string of the molecule is CCN1CCN(Cc2ccc(CC(=O)N3CCc4ccc(Oc5ccnn6cc(-c7cnn(C)c7)cc56)cc4C3)cc2C(F)(F)F)CC1. The van der Waals surface area contributed by atoms with Crippen LogP contribution < -0.4 is 4.74 Å². The van der Waals surface area contributed by atoms with Gasteiger partial charge in [0.05, 0.1) is 24.4 Å². The number of likely N-dealkylation sites (N-methyl/N-ethyl adjacent to an activating group) is 1. The van der Waals surface area contributed by atoms with E-state index in [-0.39, 0.29) is 24.4 Å². The second kappa shape index (κ2) is 13.1. The summed E-state index contributed by atoms with van der Waals surface area (Å²) in [7, 11) is 1.87. The fourth-order valence-electron chi connectivity index (χ4n) is 6.67. The minimum absolute atomic E-state index is 0.0907. The lowest BCUT2D eigenvalue weighted by molar-refractivity contribution is -0.138. The molecule has 0 bridgehead atoms. The van der Waals surface area contributed by atoms with Crippen molar-refractivity contribution in [3.8, 4) is 22.6 Å². The van der Waals surface area contributed by atoms with Crippen molar-refractivity contribution < 1.29 is 22.7 Å². The van der Waals surface area contributed by atoms with Crippen LogP contribution in [0.25, 0.3) is 16.6 Å². The molecule has 2 aromatic carbocycles. The van der Waals surface area contributed by atoms with Gasteiger partial charge in [-0.2, -0.15) is 23.4 Å². The number of fused-ring (bicyclic) bond motifs is 2. The molecule has 9 nitrogen and oxygen atoms in total. The largest absolute Gasteiger partial charge is 0.455 e. The van der Waals surface area contributed by atoms with Crippen LogP contribution in [0.3, 0.4) is 0 Å².